The van der Waals surface area contributed by atoms with E-state index in [0.29, 0.717) is 0 Å². The van der Waals surface area contributed by atoms with E-state index in [1.165, 1.54) is 6.92 Å². The molecular weight excluding hydrogens is 498 g/mol. The highest BCUT2D eigenvalue weighted by atomic mass is 31.2. The molecule has 0 aliphatic carbocycles. The average molecular weight is 528 g/mol. The van der Waals surface area contributed by atoms with Crippen molar-refractivity contribution in [1.82, 2.24) is 9.55 Å². The number of rotatable bonds is 10. The van der Waals surface area contributed by atoms with Gasteiger partial charge in [0.2, 0.25) is 0 Å². The quantitative estimate of drug-likeness (QED) is 0.351. The summed E-state index contributed by atoms with van der Waals surface area (Å²) in [5, 5.41) is 10.6. The van der Waals surface area contributed by atoms with Crippen molar-refractivity contribution in [1.29, 1.82) is 0 Å². The normalized spacial score (nSPS) is 26.4. The maximum Gasteiger partial charge on any atom is 0.380 e. The number of halogens is 1. The minimum Gasteiger partial charge on any atom is -0.463 e. The van der Waals surface area contributed by atoms with Crippen LogP contribution >= 0.6 is 7.60 Å². The smallest absolute Gasteiger partial charge is 0.380 e. The number of aliphatic hydroxyl groups is 1. The Morgan fingerprint density at radius 3 is 2.53 bits per heavy atom. The van der Waals surface area contributed by atoms with E-state index in [0.717, 1.165) is 23.8 Å². The average Bonchev–Trinajstić information content (AvgIpc) is 3.01. The molecule has 1 fully saturated rings. The minimum absolute atomic E-state index is 0.214. The molecule has 6 atom stereocenters. The second kappa shape index (κ2) is 11.1. The van der Waals surface area contributed by atoms with Gasteiger partial charge >= 0.3 is 19.3 Å². The lowest BCUT2D eigenvalue weighted by molar-refractivity contribution is -0.151. The van der Waals surface area contributed by atoms with Crippen LogP contribution in [-0.4, -0.2) is 57.4 Å². The number of alkyl halides is 1. The standard InChI is InChI=1S/C23H30FN2O9P/c1-14(2)33-20(29)15(3)13-36(31,35-16-8-6-5-7-9-16)32-12-17-19(28)23(4,24)21(34-17)26-11-10-18(27)25-22(26)30/h5-11,14-15,17,19,21,28H,12-13H2,1-4H3,(H,25,27,30)/t15-,17-,19?,21-,23-,36?/m1/s1. The number of aliphatic hydroxyl groups excluding tert-OH is 1. The first kappa shape index (κ1) is 27.8. The maximum atomic E-state index is 15.4. The van der Waals surface area contributed by atoms with Gasteiger partial charge in [-0.15, -0.1) is 0 Å². The van der Waals surface area contributed by atoms with Crippen molar-refractivity contribution >= 4 is 13.6 Å². The molecule has 0 saturated carbocycles. The summed E-state index contributed by atoms with van der Waals surface area (Å²) in [7, 11) is -4.05. The Labute approximate surface area is 206 Å². The van der Waals surface area contributed by atoms with Gasteiger partial charge in [-0.05, 0) is 32.9 Å². The predicted molar refractivity (Wildman–Crippen MR) is 127 cm³/mol. The van der Waals surface area contributed by atoms with Gasteiger partial charge in [-0.1, -0.05) is 25.1 Å². The summed E-state index contributed by atoms with van der Waals surface area (Å²) in [6.07, 6.45) is -4.42. The van der Waals surface area contributed by atoms with Crippen molar-refractivity contribution in [2.45, 2.75) is 57.9 Å². The molecule has 2 N–H and O–H groups in total. The van der Waals surface area contributed by atoms with Crippen LogP contribution in [0.4, 0.5) is 4.39 Å². The summed E-state index contributed by atoms with van der Waals surface area (Å²) in [6, 6.07) is 9.14. The molecule has 1 aromatic carbocycles. The van der Waals surface area contributed by atoms with Crippen molar-refractivity contribution in [3.8, 4) is 5.75 Å². The van der Waals surface area contributed by atoms with Crippen LogP contribution < -0.4 is 15.8 Å². The Morgan fingerprint density at radius 2 is 1.92 bits per heavy atom. The molecule has 13 heteroatoms. The largest absolute Gasteiger partial charge is 0.463 e. The Bertz CT molecular complexity index is 1210. The Balaban J connectivity index is 1.80. The molecule has 0 radical (unpaired) electrons. The fourth-order valence-corrected chi connectivity index (χ4v) is 5.54. The number of hydrogen-bond donors (Lipinski definition) is 2. The first-order chi connectivity index (χ1) is 16.8. The highest BCUT2D eigenvalue weighted by molar-refractivity contribution is 7.54. The molecule has 2 heterocycles. The number of esters is 1. The number of H-pyrrole nitrogens is 1. The molecule has 1 saturated heterocycles. The lowest BCUT2D eigenvalue weighted by atomic mass is 9.98. The number of para-hydroxylation sites is 1. The van der Waals surface area contributed by atoms with Crippen LogP contribution in [-0.2, 0) is 23.4 Å². The summed E-state index contributed by atoms with van der Waals surface area (Å²) in [4.78, 5) is 37.8. The van der Waals surface area contributed by atoms with E-state index in [2.05, 4.69) is 0 Å². The fourth-order valence-electron chi connectivity index (χ4n) is 3.67. The van der Waals surface area contributed by atoms with Crippen molar-refractivity contribution in [3.63, 3.8) is 0 Å². The third kappa shape index (κ3) is 6.50. The molecule has 1 aromatic heterocycles. The number of ether oxygens (including phenoxy) is 2. The molecule has 198 valence electrons. The second-order valence-electron chi connectivity index (χ2n) is 9.02. The minimum atomic E-state index is -4.05. The Hall–Kier alpha value is -2.79. The lowest BCUT2D eigenvalue weighted by Gasteiger charge is -2.25. The molecule has 2 unspecified atom stereocenters. The zero-order valence-corrected chi connectivity index (χ0v) is 21.2. The fraction of sp³-hybridized carbons (Fsp3) is 0.522. The highest BCUT2D eigenvalue weighted by Gasteiger charge is 2.55. The van der Waals surface area contributed by atoms with Crippen LogP contribution in [0.5, 0.6) is 5.75 Å². The van der Waals surface area contributed by atoms with Gasteiger partial charge in [0.1, 0.15) is 18.0 Å². The number of carbonyl (C=O) groups excluding carboxylic acids is 1. The number of carbonyl (C=O) groups is 1. The van der Waals surface area contributed by atoms with Gasteiger partial charge in [-0.25, -0.2) is 13.8 Å². The number of benzene rings is 1. The molecule has 0 amide bonds. The van der Waals surface area contributed by atoms with Gasteiger partial charge in [0.25, 0.3) is 5.56 Å². The van der Waals surface area contributed by atoms with Crippen LogP contribution in [0.25, 0.3) is 0 Å². The molecule has 3 rings (SSSR count). The summed E-state index contributed by atoms with van der Waals surface area (Å²) in [5.74, 6) is -1.25. The SMILES string of the molecule is CC(C)OC(=O)[C@H](C)CP(=O)(OC[C@H]1O[C@@H](n2ccc(=O)[nH]c2=O)[C@](C)(F)C1O)Oc1ccccc1. The summed E-state index contributed by atoms with van der Waals surface area (Å²) in [5.41, 5.74) is -4.07. The summed E-state index contributed by atoms with van der Waals surface area (Å²) < 4.78 is 51.8. The van der Waals surface area contributed by atoms with Gasteiger partial charge in [0.15, 0.2) is 11.9 Å². The zero-order chi connectivity index (χ0) is 26.7. The van der Waals surface area contributed by atoms with Crippen molar-refractivity contribution in [3.05, 3.63) is 63.4 Å². The van der Waals surface area contributed by atoms with Gasteiger partial charge in [0, 0.05) is 12.3 Å². The Kier molecular flexibility index (Phi) is 8.55. The van der Waals surface area contributed by atoms with E-state index in [9.17, 15) is 24.1 Å². The topological polar surface area (TPSA) is 146 Å². The molecule has 0 bridgehead atoms. The molecule has 1 aliphatic rings. The van der Waals surface area contributed by atoms with Crippen molar-refractivity contribution in [2.75, 3.05) is 12.8 Å². The molecule has 1 aliphatic heterocycles. The monoisotopic (exact) mass is 528 g/mol. The first-order valence-corrected chi connectivity index (χ1v) is 13.1. The van der Waals surface area contributed by atoms with Gasteiger partial charge in [0.05, 0.1) is 24.8 Å². The number of nitrogens with zero attached hydrogens (tertiary/aromatic N) is 1. The summed E-state index contributed by atoms with van der Waals surface area (Å²) >= 11 is 0. The van der Waals surface area contributed by atoms with E-state index in [4.69, 9.17) is 18.5 Å². The summed E-state index contributed by atoms with van der Waals surface area (Å²) in [6.45, 7) is 5.32. The molecular formula is C23H30FN2O9P. The number of aromatic nitrogens is 2. The van der Waals surface area contributed by atoms with Crippen molar-refractivity contribution < 1.29 is 37.4 Å². The van der Waals surface area contributed by atoms with E-state index in [1.54, 1.807) is 44.2 Å². The molecule has 2 aromatic rings. The van der Waals surface area contributed by atoms with Crippen LogP contribution in [0.15, 0.2) is 52.2 Å². The molecule has 36 heavy (non-hydrogen) atoms. The van der Waals surface area contributed by atoms with Gasteiger partial charge in [-0.3, -0.25) is 23.7 Å². The van der Waals surface area contributed by atoms with Crippen LogP contribution in [0.2, 0.25) is 0 Å². The van der Waals surface area contributed by atoms with E-state index < -0.39 is 61.4 Å². The van der Waals surface area contributed by atoms with Crippen LogP contribution in [0.1, 0.15) is 33.9 Å². The van der Waals surface area contributed by atoms with E-state index in [1.807, 2.05) is 4.98 Å². The molecule has 11 nitrogen and oxygen atoms in total. The first-order valence-electron chi connectivity index (χ1n) is 11.3. The number of hydrogen-bond acceptors (Lipinski definition) is 9. The molecule has 0 spiro atoms. The lowest BCUT2D eigenvalue weighted by Crippen LogP contribution is -2.43. The van der Waals surface area contributed by atoms with E-state index >= 15 is 4.39 Å². The number of nitrogens with one attached hydrogen (secondary N) is 1. The third-order valence-electron chi connectivity index (χ3n) is 5.50. The zero-order valence-electron chi connectivity index (χ0n) is 20.3. The van der Waals surface area contributed by atoms with Crippen LogP contribution in [0, 0.1) is 5.92 Å². The predicted octanol–water partition coefficient (Wildman–Crippen LogP) is 2.40. The number of aromatic amines is 1. The Morgan fingerprint density at radius 1 is 1.25 bits per heavy atom. The van der Waals surface area contributed by atoms with Crippen LogP contribution in [0.3, 0.4) is 0 Å². The van der Waals surface area contributed by atoms with E-state index in [-0.39, 0.29) is 18.0 Å². The van der Waals surface area contributed by atoms with Crippen molar-refractivity contribution in [2.24, 2.45) is 5.92 Å². The maximum absolute atomic E-state index is 15.4. The van der Waals surface area contributed by atoms with Gasteiger partial charge in [-0.2, -0.15) is 0 Å². The third-order valence-corrected chi connectivity index (χ3v) is 7.52. The van der Waals surface area contributed by atoms with Gasteiger partial charge < -0.3 is 19.1 Å². The second-order valence-corrected chi connectivity index (χ2v) is 11.0. The highest BCUT2D eigenvalue weighted by Crippen LogP contribution is 2.51.